The molecule has 0 bridgehead atoms. The first kappa shape index (κ1) is 13.9. The van der Waals surface area contributed by atoms with Gasteiger partial charge in [-0.15, -0.1) is 0 Å². The number of aromatic nitrogens is 1. The highest BCUT2D eigenvalue weighted by Crippen LogP contribution is 2.12. The van der Waals surface area contributed by atoms with E-state index in [0.29, 0.717) is 11.4 Å². The molecule has 0 saturated carbocycles. The van der Waals surface area contributed by atoms with Crippen LogP contribution in [0.5, 0.6) is 0 Å². The van der Waals surface area contributed by atoms with E-state index in [2.05, 4.69) is 16.8 Å². The van der Waals surface area contributed by atoms with Crippen LogP contribution in [0, 0.1) is 0 Å². The number of hydrogen-bond donors (Lipinski definition) is 1. The quantitative estimate of drug-likeness (QED) is 0.783. The minimum atomic E-state index is -0.338. The molecule has 106 valence electrons. The molecule has 1 saturated heterocycles. The van der Waals surface area contributed by atoms with Gasteiger partial charge in [-0.1, -0.05) is 0 Å². The normalized spacial score (nSPS) is 17.6. The number of ether oxygens (including phenoxy) is 1. The molecule has 0 spiro atoms. The zero-order valence-corrected chi connectivity index (χ0v) is 11.6. The molecule has 6 nitrogen and oxygen atoms in total. The van der Waals surface area contributed by atoms with Gasteiger partial charge in [0, 0.05) is 45.5 Å². The van der Waals surface area contributed by atoms with Crippen molar-refractivity contribution in [2.45, 2.75) is 6.54 Å². The van der Waals surface area contributed by atoms with E-state index in [4.69, 9.17) is 10.5 Å². The average Bonchev–Trinajstić information content (AvgIpc) is 2.78. The number of piperazine rings is 1. The smallest absolute Gasteiger partial charge is 0.354 e. The second-order valence-electron chi connectivity index (χ2n) is 4.99. The molecule has 2 rings (SSSR count). The molecule has 0 unspecified atom stereocenters. The number of nitrogen functional groups attached to an aromatic ring is 1. The number of anilines is 1. The molecule has 2 heterocycles. The Morgan fingerprint density at radius 1 is 1.32 bits per heavy atom. The summed E-state index contributed by atoms with van der Waals surface area (Å²) in [5.74, 6) is -0.338. The van der Waals surface area contributed by atoms with E-state index in [1.165, 1.54) is 7.11 Å². The number of methoxy groups -OCH3 is 1. The topological polar surface area (TPSA) is 63.7 Å². The summed E-state index contributed by atoms with van der Waals surface area (Å²) in [6.07, 6.45) is 1.79. The van der Waals surface area contributed by atoms with Crippen molar-refractivity contribution in [1.82, 2.24) is 14.4 Å². The van der Waals surface area contributed by atoms with Crippen LogP contribution >= 0.6 is 0 Å². The molecule has 1 aromatic rings. The van der Waals surface area contributed by atoms with Crippen LogP contribution in [0.15, 0.2) is 12.3 Å². The van der Waals surface area contributed by atoms with Gasteiger partial charge in [0.2, 0.25) is 0 Å². The Morgan fingerprint density at radius 3 is 2.63 bits per heavy atom. The van der Waals surface area contributed by atoms with Gasteiger partial charge in [0.15, 0.2) is 0 Å². The fourth-order valence-corrected chi connectivity index (χ4v) is 2.31. The molecule has 1 fully saturated rings. The molecule has 0 aliphatic carbocycles. The molecule has 0 amide bonds. The summed E-state index contributed by atoms with van der Waals surface area (Å²) in [6.45, 7) is 6.01. The summed E-state index contributed by atoms with van der Waals surface area (Å²) < 4.78 is 6.64. The van der Waals surface area contributed by atoms with Crippen LogP contribution in [0.25, 0.3) is 0 Å². The molecule has 19 heavy (non-hydrogen) atoms. The van der Waals surface area contributed by atoms with E-state index in [-0.39, 0.29) is 5.97 Å². The zero-order chi connectivity index (χ0) is 13.8. The van der Waals surface area contributed by atoms with Gasteiger partial charge in [0.1, 0.15) is 5.69 Å². The van der Waals surface area contributed by atoms with Gasteiger partial charge >= 0.3 is 5.97 Å². The lowest BCUT2D eigenvalue weighted by Gasteiger charge is -2.32. The lowest BCUT2D eigenvalue weighted by molar-refractivity contribution is 0.0587. The summed E-state index contributed by atoms with van der Waals surface area (Å²) in [6, 6.07) is 1.66. The van der Waals surface area contributed by atoms with E-state index < -0.39 is 0 Å². The van der Waals surface area contributed by atoms with E-state index >= 15 is 0 Å². The lowest BCUT2D eigenvalue weighted by atomic mass is 10.3. The number of nitrogens with zero attached hydrogens (tertiary/aromatic N) is 3. The monoisotopic (exact) mass is 266 g/mol. The zero-order valence-electron chi connectivity index (χ0n) is 11.6. The summed E-state index contributed by atoms with van der Waals surface area (Å²) >= 11 is 0. The van der Waals surface area contributed by atoms with Gasteiger partial charge in [0.25, 0.3) is 0 Å². The molecule has 1 aliphatic heterocycles. The van der Waals surface area contributed by atoms with Gasteiger partial charge in [-0.25, -0.2) is 4.79 Å². The van der Waals surface area contributed by atoms with Crippen molar-refractivity contribution in [1.29, 1.82) is 0 Å². The van der Waals surface area contributed by atoms with Crippen molar-refractivity contribution in [2.75, 3.05) is 52.6 Å². The minimum absolute atomic E-state index is 0.338. The Balaban J connectivity index is 1.94. The SMILES string of the molecule is COC(=O)c1cc(N)cn1CCN1CCN(C)CC1. The Hall–Kier alpha value is -1.53. The van der Waals surface area contributed by atoms with Crippen molar-refractivity contribution in [3.63, 3.8) is 0 Å². The molecular weight excluding hydrogens is 244 g/mol. The predicted octanol–water partition coefficient (Wildman–Crippen LogP) is 0.104. The first-order chi connectivity index (χ1) is 9.10. The van der Waals surface area contributed by atoms with Crippen LogP contribution in [0.2, 0.25) is 0 Å². The van der Waals surface area contributed by atoms with Crippen molar-refractivity contribution in [3.8, 4) is 0 Å². The van der Waals surface area contributed by atoms with Gasteiger partial charge in [-0.2, -0.15) is 0 Å². The summed E-state index contributed by atoms with van der Waals surface area (Å²) in [7, 11) is 3.52. The number of nitrogens with two attached hydrogens (primary N) is 1. The van der Waals surface area contributed by atoms with Crippen LogP contribution in [-0.4, -0.2) is 67.2 Å². The third kappa shape index (κ3) is 3.48. The number of rotatable bonds is 4. The second-order valence-corrected chi connectivity index (χ2v) is 4.99. The maximum atomic E-state index is 11.6. The van der Waals surface area contributed by atoms with E-state index in [0.717, 1.165) is 39.3 Å². The Bertz CT molecular complexity index is 436. The summed E-state index contributed by atoms with van der Waals surface area (Å²) in [4.78, 5) is 16.3. The Morgan fingerprint density at radius 2 is 2.00 bits per heavy atom. The number of carbonyl (C=O) groups is 1. The van der Waals surface area contributed by atoms with Gasteiger partial charge in [-0.05, 0) is 13.1 Å². The highest BCUT2D eigenvalue weighted by molar-refractivity contribution is 5.88. The van der Waals surface area contributed by atoms with Crippen molar-refractivity contribution in [3.05, 3.63) is 18.0 Å². The Kier molecular flexibility index (Phi) is 4.44. The summed E-state index contributed by atoms with van der Waals surface area (Å²) in [5.41, 5.74) is 6.87. The molecule has 0 radical (unpaired) electrons. The number of likely N-dealkylation sites (N-methyl/N-ethyl adjacent to an activating group) is 1. The average molecular weight is 266 g/mol. The highest BCUT2D eigenvalue weighted by atomic mass is 16.5. The molecule has 1 aromatic heterocycles. The largest absolute Gasteiger partial charge is 0.464 e. The van der Waals surface area contributed by atoms with Crippen molar-refractivity contribution < 1.29 is 9.53 Å². The van der Waals surface area contributed by atoms with E-state index in [1.807, 2.05) is 4.57 Å². The first-order valence-corrected chi connectivity index (χ1v) is 6.55. The molecular formula is C13H22N4O2. The van der Waals surface area contributed by atoms with Crippen LogP contribution in [0.4, 0.5) is 5.69 Å². The van der Waals surface area contributed by atoms with Crippen molar-refractivity contribution >= 4 is 11.7 Å². The molecule has 1 aliphatic rings. The van der Waals surface area contributed by atoms with Crippen molar-refractivity contribution in [2.24, 2.45) is 0 Å². The van der Waals surface area contributed by atoms with Gasteiger partial charge in [0.05, 0.1) is 12.8 Å². The second kappa shape index (κ2) is 6.08. The van der Waals surface area contributed by atoms with E-state index in [9.17, 15) is 4.79 Å². The van der Waals surface area contributed by atoms with Gasteiger partial charge in [-0.3, -0.25) is 4.90 Å². The Labute approximate surface area is 113 Å². The maximum Gasteiger partial charge on any atom is 0.354 e. The van der Waals surface area contributed by atoms with Crippen LogP contribution in [0.3, 0.4) is 0 Å². The number of esters is 1. The van der Waals surface area contributed by atoms with Crippen LogP contribution in [-0.2, 0) is 11.3 Å². The molecule has 0 aromatic carbocycles. The molecule has 6 heteroatoms. The third-order valence-electron chi connectivity index (χ3n) is 3.57. The third-order valence-corrected chi connectivity index (χ3v) is 3.57. The van der Waals surface area contributed by atoms with Gasteiger partial charge < -0.3 is 19.9 Å². The minimum Gasteiger partial charge on any atom is -0.464 e. The van der Waals surface area contributed by atoms with Crippen LogP contribution < -0.4 is 5.73 Å². The number of hydrogen-bond acceptors (Lipinski definition) is 5. The fourth-order valence-electron chi connectivity index (χ4n) is 2.31. The summed E-state index contributed by atoms with van der Waals surface area (Å²) in [5, 5.41) is 0. The lowest BCUT2D eigenvalue weighted by Crippen LogP contribution is -2.45. The first-order valence-electron chi connectivity index (χ1n) is 6.55. The highest BCUT2D eigenvalue weighted by Gasteiger charge is 2.16. The number of carbonyl (C=O) groups excluding carboxylic acids is 1. The van der Waals surface area contributed by atoms with Crippen LogP contribution in [0.1, 0.15) is 10.5 Å². The molecule has 2 N–H and O–H groups in total. The fraction of sp³-hybridized carbons (Fsp3) is 0.615. The predicted molar refractivity (Wildman–Crippen MR) is 74.1 cm³/mol. The molecule has 0 atom stereocenters. The van der Waals surface area contributed by atoms with E-state index in [1.54, 1.807) is 12.3 Å². The standard InChI is InChI=1S/C13H22N4O2/c1-15-3-5-16(6-4-15)7-8-17-10-11(14)9-12(17)13(18)19-2/h9-10H,3-8,14H2,1-2H3. The maximum absolute atomic E-state index is 11.6.